The van der Waals surface area contributed by atoms with Crippen LogP contribution in [0.4, 0.5) is 11.4 Å². The predicted molar refractivity (Wildman–Crippen MR) is 110 cm³/mol. The number of anilines is 1. The lowest BCUT2D eigenvalue weighted by atomic mass is 10.2. The van der Waals surface area contributed by atoms with Crippen molar-refractivity contribution in [3.8, 4) is 11.5 Å². The lowest BCUT2D eigenvalue weighted by molar-refractivity contribution is -0.384. The molecule has 10 heteroatoms. The van der Waals surface area contributed by atoms with Gasteiger partial charge in [-0.25, -0.2) is 0 Å². The molecule has 30 heavy (non-hydrogen) atoms. The van der Waals surface area contributed by atoms with Gasteiger partial charge >= 0.3 is 0 Å². The summed E-state index contributed by atoms with van der Waals surface area (Å²) in [6, 6.07) is 8.89. The number of rotatable bonds is 8. The van der Waals surface area contributed by atoms with E-state index in [1.54, 1.807) is 26.0 Å². The Balaban J connectivity index is 2.01. The quantitative estimate of drug-likeness (QED) is 0.344. The number of non-ortho nitro benzene ring substituents is 1. The third-order valence-corrected chi connectivity index (χ3v) is 4.02. The van der Waals surface area contributed by atoms with Crippen LogP contribution in [-0.2, 0) is 4.79 Å². The molecule has 0 atom stereocenters. The smallest absolute Gasteiger partial charge is 0.271 e. The van der Waals surface area contributed by atoms with Crippen LogP contribution >= 0.6 is 0 Å². The van der Waals surface area contributed by atoms with Crippen LogP contribution in [0.1, 0.15) is 22.8 Å². The lowest BCUT2D eigenvalue weighted by Crippen LogP contribution is -2.36. The van der Waals surface area contributed by atoms with Crippen LogP contribution in [-0.4, -0.2) is 31.0 Å². The number of methoxy groups -OCH3 is 2. The summed E-state index contributed by atoms with van der Waals surface area (Å²) >= 11 is 0. The highest BCUT2D eigenvalue weighted by Gasteiger charge is 2.12. The number of nitro benzene ring substituents is 1. The number of amides is 2. The molecule has 3 N–H and O–H groups in total. The number of ether oxygens (including phenoxy) is 2. The van der Waals surface area contributed by atoms with Gasteiger partial charge in [0.2, 0.25) is 5.91 Å². The summed E-state index contributed by atoms with van der Waals surface area (Å²) in [7, 11) is 2.95. The number of nitrogens with zero attached hydrogens (tertiary/aromatic N) is 1. The number of allylic oxidation sites excluding steroid dienone is 1. The van der Waals surface area contributed by atoms with Gasteiger partial charge in [-0.15, -0.1) is 0 Å². The molecule has 0 bridgehead atoms. The van der Waals surface area contributed by atoms with Crippen LogP contribution in [0.5, 0.6) is 11.5 Å². The van der Waals surface area contributed by atoms with E-state index in [2.05, 4.69) is 16.2 Å². The second-order valence-corrected chi connectivity index (χ2v) is 6.25. The normalized spacial score (nSPS) is 10.7. The van der Waals surface area contributed by atoms with E-state index in [9.17, 15) is 19.7 Å². The summed E-state index contributed by atoms with van der Waals surface area (Å²) in [5, 5.41) is 13.5. The molecule has 0 spiro atoms. The molecule has 0 heterocycles. The molecule has 0 saturated heterocycles. The van der Waals surface area contributed by atoms with Crippen molar-refractivity contribution in [2.24, 2.45) is 0 Å². The fourth-order valence-corrected chi connectivity index (χ4v) is 2.43. The minimum absolute atomic E-state index is 0.129. The molecular weight excluding hydrogens is 392 g/mol. The topological polar surface area (TPSA) is 132 Å². The SMILES string of the molecule is COc1cc(OC)cc(C(=O)NN/C(C)=C/C(=O)Nc2cc([N+](=O)[O-])ccc2C)c1. The maximum absolute atomic E-state index is 12.3. The van der Waals surface area contributed by atoms with E-state index < -0.39 is 16.7 Å². The minimum Gasteiger partial charge on any atom is -0.497 e. The number of carbonyl (C=O) groups is 2. The molecule has 2 amide bonds. The summed E-state index contributed by atoms with van der Waals surface area (Å²) in [5.74, 6) is -0.0623. The first kappa shape index (κ1) is 22.2. The largest absolute Gasteiger partial charge is 0.497 e. The van der Waals surface area contributed by atoms with Gasteiger partial charge in [0.05, 0.1) is 24.8 Å². The van der Waals surface area contributed by atoms with E-state index in [-0.39, 0.29) is 5.69 Å². The molecule has 0 fully saturated rings. The molecule has 2 aromatic carbocycles. The van der Waals surface area contributed by atoms with Gasteiger partial charge in [0.1, 0.15) is 11.5 Å². The molecule has 0 aliphatic carbocycles. The molecule has 2 rings (SSSR count). The first-order valence-corrected chi connectivity index (χ1v) is 8.77. The van der Waals surface area contributed by atoms with Crippen LogP contribution in [0.2, 0.25) is 0 Å². The van der Waals surface area contributed by atoms with E-state index >= 15 is 0 Å². The number of benzene rings is 2. The van der Waals surface area contributed by atoms with E-state index in [0.29, 0.717) is 34.0 Å². The number of hydrogen-bond acceptors (Lipinski definition) is 7. The summed E-state index contributed by atoms with van der Waals surface area (Å²) in [5.41, 5.74) is 6.61. The Morgan fingerprint density at radius 3 is 2.23 bits per heavy atom. The Hall–Kier alpha value is -4.08. The van der Waals surface area contributed by atoms with Gasteiger partial charge in [-0.05, 0) is 31.5 Å². The molecule has 0 radical (unpaired) electrons. The molecule has 10 nitrogen and oxygen atoms in total. The van der Waals surface area contributed by atoms with Crippen LogP contribution in [0.15, 0.2) is 48.2 Å². The van der Waals surface area contributed by atoms with E-state index in [4.69, 9.17) is 9.47 Å². The van der Waals surface area contributed by atoms with Crippen molar-refractivity contribution in [2.45, 2.75) is 13.8 Å². The number of aryl methyl sites for hydroxylation is 1. The Labute approximate surface area is 173 Å². The third kappa shape index (κ3) is 5.96. The van der Waals surface area contributed by atoms with Crippen molar-refractivity contribution in [1.29, 1.82) is 0 Å². The van der Waals surface area contributed by atoms with Gasteiger partial charge in [0, 0.05) is 35.5 Å². The number of nitro groups is 1. The second kappa shape index (κ2) is 9.92. The number of hydrogen-bond donors (Lipinski definition) is 3. The lowest BCUT2D eigenvalue weighted by Gasteiger charge is -2.11. The fourth-order valence-electron chi connectivity index (χ4n) is 2.43. The Bertz CT molecular complexity index is 981. The zero-order valence-corrected chi connectivity index (χ0v) is 16.9. The van der Waals surface area contributed by atoms with Crippen LogP contribution in [0, 0.1) is 17.0 Å². The number of hydrazine groups is 1. The van der Waals surface area contributed by atoms with Gasteiger partial charge in [-0.1, -0.05) is 6.07 Å². The van der Waals surface area contributed by atoms with Gasteiger partial charge in [0.25, 0.3) is 11.6 Å². The summed E-state index contributed by atoms with van der Waals surface area (Å²) in [6.45, 7) is 3.29. The molecular formula is C20H22N4O6. The first-order chi connectivity index (χ1) is 14.2. The average molecular weight is 414 g/mol. The van der Waals surface area contributed by atoms with Crippen LogP contribution in [0.3, 0.4) is 0 Å². The van der Waals surface area contributed by atoms with Crippen molar-refractivity contribution in [3.63, 3.8) is 0 Å². The fraction of sp³-hybridized carbons (Fsp3) is 0.200. The van der Waals surface area contributed by atoms with Crippen molar-refractivity contribution < 1.29 is 24.0 Å². The molecule has 0 aliphatic heterocycles. The molecule has 0 unspecified atom stereocenters. The maximum atomic E-state index is 12.3. The number of carbonyl (C=O) groups excluding carboxylic acids is 2. The van der Waals surface area contributed by atoms with Gasteiger partial charge in [-0.3, -0.25) is 25.1 Å². The summed E-state index contributed by atoms with van der Waals surface area (Å²) < 4.78 is 10.3. The molecule has 158 valence electrons. The van der Waals surface area contributed by atoms with Crippen molar-refractivity contribution in [3.05, 3.63) is 69.4 Å². The Kier molecular flexibility index (Phi) is 7.34. The highest BCUT2D eigenvalue weighted by Crippen LogP contribution is 2.23. The molecule has 2 aromatic rings. The molecule has 0 aliphatic rings. The monoisotopic (exact) mass is 414 g/mol. The zero-order valence-electron chi connectivity index (χ0n) is 16.9. The van der Waals surface area contributed by atoms with E-state index in [0.717, 1.165) is 0 Å². The Morgan fingerprint density at radius 2 is 1.67 bits per heavy atom. The van der Waals surface area contributed by atoms with Gasteiger partial charge < -0.3 is 20.2 Å². The minimum atomic E-state index is -0.541. The van der Waals surface area contributed by atoms with Crippen molar-refractivity contribution >= 4 is 23.2 Å². The highest BCUT2D eigenvalue weighted by atomic mass is 16.6. The van der Waals surface area contributed by atoms with Crippen LogP contribution < -0.4 is 25.6 Å². The van der Waals surface area contributed by atoms with Crippen molar-refractivity contribution in [1.82, 2.24) is 10.9 Å². The predicted octanol–water partition coefficient (Wildman–Crippen LogP) is 2.70. The highest BCUT2D eigenvalue weighted by molar-refractivity contribution is 6.00. The van der Waals surface area contributed by atoms with Crippen LogP contribution in [0.25, 0.3) is 0 Å². The van der Waals surface area contributed by atoms with Crippen molar-refractivity contribution in [2.75, 3.05) is 19.5 Å². The molecule has 0 saturated carbocycles. The summed E-state index contributed by atoms with van der Waals surface area (Å²) in [6.07, 6.45) is 1.21. The zero-order chi connectivity index (χ0) is 22.3. The van der Waals surface area contributed by atoms with E-state index in [1.165, 1.54) is 44.6 Å². The third-order valence-electron chi connectivity index (χ3n) is 4.02. The Morgan fingerprint density at radius 1 is 1.03 bits per heavy atom. The summed E-state index contributed by atoms with van der Waals surface area (Å²) in [4.78, 5) is 34.9. The standard InChI is InChI=1S/C20H22N4O6/c1-12-5-6-15(24(27)28)10-18(12)21-19(25)7-13(2)22-23-20(26)14-8-16(29-3)11-17(9-14)30-4/h5-11,22H,1-4H3,(H,21,25)(H,23,26)/b13-7+. The van der Waals surface area contributed by atoms with E-state index in [1.807, 2.05) is 0 Å². The van der Waals surface area contributed by atoms with Gasteiger partial charge in [-0.2, -0.15) is 0 Å². The maximum Gasteiger partial charge on any atom is 0.271 e. The average Bonchev–Trinajstić information content (AvgIpc) is 2.72. The number of nitrogens with one attached hydrogen (secondary N) is 3. The van der Waals surface area contributed by atoms with Gasteiger partial charge in [0.15, 0.2) is 0 Å². The first-order valence-electron chi connectivity index (χ1n) is 8.77. The molecule has 0 aromatic heterocycles. The second-order valence-electron chi connectivity index (χ2n) is 6.25.